The second kappa shape index (κ2) is 4.50. The summed E-state index contributed by atoms with van der Waals surface area (Å²) in [5, 5.41) is 0. The first-order valence-corrected chi connectivity index (χ1v) is 4.13. The SMILES string of the molecule is CCC(C)OC(C)(C)CC=O. The fourth-order valence-electron chi connectivity index (χ4n) is 0.877. The molecule has 2 nitrogen and oxygen atoms in total. The number of hydrogen-bond acceptors (Lipinski definition) is 2. The molecule has 1 atom stereocenters. The minimum Gasteiger partial charge on any atom is -0.372 e. The molecule has 0 radical (unpaired) electrons. The van der Waals surface area contributed by atoms with Crippen molar-refractivity contribution in [3.8, 4) is 0 Å². The summed E-state index contributed by atoms with van der Waals surface area (Å²) in [6.07, 6.45) is 2.60. The predicted molar refractivity (Wildman–Crippen MR) is 45.6 cm³/mol. The van der Waals surface area contributed by atoms with Gasteiger partial charge in [0.2, 0.25) is 0 Å². The number of carbonyl (C=O) groups excluding carboxylic acids is 1. The molecule has 11 heavy (non-hydrogen) atoms. The molecule has 0 N–H and O–H groups in total. The van der Waals surface area contributed by atoms with E-state index in [1.165, 1.54) is 0 Å². The van der Waals surface area contributed by atoms with E-state index in [2.05, 4.69) is 6.92 Å². The topological polar surface area (TPSA) is 26.3 Å². The highest BCUT2D eigenvalue weighted by molar-refractivity contribution is 5.51. The van der Waals surface area contributed by atoms with Gasteiger partial charge in [-0.1, -0.05) is 6.92 Å². The molecule has 0 aliphatic heterocycles. The van der Waals surface area contributed by atoms with Gasteiger partial charge in [0.25, 0.3) is 0 Å². The van der Waals surface area contributed by atoms with Crippen LogP contribution < -0.4 is 0 Å². The summed E-state index contributed by atoms with van der Waals surface area (Å²) in [5.41, 5.74) is -0.294. The Hall–Kier alpha value is -0.370. The van der Waals surface area contributed by atoms with E-state index >= 15 is 0 Å². The number of hydrogen-bond donors (Lipinski definition) is 0. The second-order valence-corrected chi connectivity index (χ2v) is 3.47. The minimum absolute atomic E-state index is 0.241. The third-order valence-electron chi connectivity index (χ3n) is 1.67. The Kier molecular flexibility index (Phi) is 4.34. The standard InChI is InChI=1S/C9H18O2/c1-5-8(2)11-9(3,4)6-7-10/h7-8H,5-6H2,1-4H3. The Labute approximate surface area is 68.9 Å². The predicted octanol–water partition coefficient (Wildman–Crippen LogP) is 2.17. The molecule has 0 spiro atoms. The van der Waals surface area contributed by atoms with Gasteiger partial charge in [0, 0.05) is 6.42 Å². The Morgan fingerprint density at radius 1 is 1.55 bits per heavy atom. The molecule has 0 bridgehead atoms. The second-order valence-electron chi connectivity index (χ2n) is 3.47. The van der Waals surface area contributed by atoms with Crippen LogP contribution in [0.2, 0.25) is 0 Å². The Balaban J connectivity index is 3.79. The summed E-state index contributed by atoms with van der Waals surface area (Å²) < 4.78 is 5.60. The molecule has 0 aromatic rings. The van der Waals surface area contributed by atoms with Crippen LogP contribution in [0.25, 0.3) is 0 Å². The maximum absolute atomic E-state index is 10.2. The van der Waals surface area contributed by atoms with Gasteiger partial charge in [0.15, 0.2) is 0 Å². The van der Waals surface area contributed by atoms with Gasteiger partial charge in [0.05, 0.1) is 11.7 Å². The first-order chi connectivity index (χ1) is 5.02. The highest BCUT2D eigenvalue weighted by Gasteiger charge is 2.19. The van der Waals surface area contributed by atoms with Crippen molar-refractivity contribution in [2.75, 3.05) is 0 Å². The van der Waals surface area contributed by atoms with Crippen LogP contribution in [-0.2, 0) is 9.53 Å². The number of ether oxygens (including phenoxy) is 1. The van der Waals surface area contributed by atoms with Gasteiger partial charge in [-0.05, 0) is 27.2 Å². The van der Waals surface area contributed by atoms with E-state index in [1.54, 1.807) is 0 Å². The average Bonchev–Trinajstić information content (AvgIpc) is 1.86. The van der Waals surface area contributed by atoms with Crippen molar-refractivity contribution in [2.45, 2.75) is 52.2 Å². The van der Waals surface area contributed by atoms with Crippen molar-refractivity contribution in [3.05, 3.63) is 0 Å². The summed E-state index contributed by atoms with van der Waals surface area (Å²) >= 11 is 0. The molecular weight excluding hydrogens is 140 g/mol. The van der Waals surface area contributed by atoms with Gasteiger partial charge in [-0.15, -0.1) is 0 Å². The van der Waals surface area contributed by atoms with Gasteiger partial charge in [0.1, 0.15) is 6.29 Å². The molecular formula is C9H18O2. The fraction of sp³-hybridized carbons (Fsp3) is 0.889. The van der Waals surface area contributed by atoms with Crippen LogP contribution in [-0.4, -0.2) is 18.0 Å². The zero-order valence-corrected chi connectivity index (χ0v) is 7.89. The first-order valence-electron chi connectivity index (χ1n) is 4.13. The fourth-order valence-corrected chi connectivity index (χ4v) is 0.877. The van der Waals surface area contributed by atoms with Crippen LogP contribution in [0.4, 0.5) is 0 Å². The summed E-state index contributed by atoms with van der Waals surface area (Å²) in [6.45, 7) is 7.97. The quantitative estimate of drug-likeness (QED) is 0.573. The smallest absolute Gasteiger partial charge is 0.122 e. The monoisotopic (exact) mass is 158 g/mol. The molecule has 0 saturated heterocycles. The molecule has 0 aromatic carbocycles. The Bertz CT molecular complexity index is 119. The van der Waals surface area contributed by atoms with Gasteiger partial charge < -0.3 is 9.53 Å². The largest absolute Gasteiger partial charge is 0.372 e. The maximum Gasteiger partial charge on any atom is 0.122 e. The molecule has 0 aliphatic carbocycles. The normalized spacial score (nSPS) is 14.5. The van der Waals surface area contributed by atoms with E-state index in [0.717, 1.165) is 12.7 Å². The van der Waals surface area contributed by atoms with Crippen molar-refractivity contribution >= 4 is 6.29 Å². The van der Waals surface area contributed by atoms with E-state index in [9.17, 15) is 4.79 Å². The molecule has 0 heterocycles. The minimum atomic E-state index is -0.294. The molecule has 66 valence electrons. The van der Waals surface area contributed by atoms with E-state index in [-0.39, 0.29) is 11.7 Å². The molecule has 0 rings (SSSR count). The lowest BCUT2D eigenvalue weighted by atomic mass is 10.1. The molecule has 0 fully saturated rings. The maximum atomic E-state index is 10.2. The summed E-state index contributed by atoms with van der Waals surface area (Å²) in [4.78, 5) is 10.2. The van der Waals surface area contributed by atoms with Gasteiger partial charge in [-0.2, -0.15) is 0 Å². The van der Waals surface area contributed by atoms with Crippen LogP contribution >= 0.6 is 0 Å². The summed E-state index contributed by atoms with van der Waals surface area (Å²) in [6, 6.07) is 0. The zero-order chi connectivity index (χ0) is 8.91. The van der Waals surface area contributed by atoms with Gasteiger partial charge >= 0.3 is 0 Å². The number of rotatable bonds is 5. The Morgan fingerprint density at radius 2 is 2.09 bits per heavy atom. The Morgan fingerprint density at radius 3 is 2.45 bits per heavy atom. The molecule has 0 aromatic heterocycles. The first kappa shape index (κ1) is 10.6. The van der Waals surface area contributed by atoms with E-state index in [1.807, 2.05) is 20.8 Å². The van der Waals surface area contributed by atoms with Crippen LogP contribution in [0.3, 0.4) is 0 Å². The van der Waals surface area contributed by atoms with Crippen molar-refractivity contribution in [2.24, 2.45) is 0 Å². The molecule has 0 amide bonds. The molecule has 2 heteroatoms. The van der Waals surface area contributed by atoms with Crippen LogP contribution in [0.1, 0.15) is 40.5 Å². The van der Waals surface area contributed by atoms with E-state index in [4.69, 9.17) is 4.74 Å². The van der Waals surface area contributed by atoms with Crippen molar-refractivity contribution in [1.29, 1.82) is 0 Å². The van der Waals surface area contributed by atoms with Crippen molar-refractivity contribution in [1.82, 2.24) is 0 Å². The van der Waals surface area contributed by atoms with E-state index < -0.39 is 0 Å². The lowest BCUT2D eigenvalue weighted by Crippen LogP contribution is -2.29. The van der Waals surface area contributed by atoms with Crippen LogP contribution in [0, 0.1) is 0 Å². The molecule has 0 aliphatic rings. The third-order valence-corrected chi connectivity index (χ3v) is 1.67. The van der Waals surface area contributed by atoms with Gasteiger partial charge in [-0.3, -0.25) is 0 Å². The number of carbonyl (C=O) groups is 1. The van der Waals surface area contributed by atoms with Crippen LogP contribution in [0.5, 0.6) is 0 Å². The summed E-state index contributed by atoms with van der Waals surface area (Å²) in [5.74, 6) is 0. The number of aldehydes is 1. The lowest BCUT2D eigenvalue weighted by molar-refractivity contribution is -0.117. The lowest BCUT2D eigenvalue weighted by Gasteiger charge is -2.26. The van der Waals surface area contributed by atoms with Gasteiger partial charge in [-0.25, -0.2) is 0 Å². The van der Waals surface area contributed by atoms with Crippen molar-refractivity contribution < 1.29 is 9.53 Å². The van der Waals surface area contributed by atoms with Crippen LogP contribution in [0.15, 0.2) is 0 Å². The zero-order valence-electron chi connectivity index (χ0n) is 7.89. The highest BCUT2D eigenvalue weighted by Crippen LogP contribution is 2.16. The molecule has 1 unspecified atom stereocenters. The molecule has 0 saturated carbocycles. The van der Waals surface area contributed by atoms with Crippen molar-refractivity contribution in [3.63, 3.8) is 0 Å². The third kappa shape index (κ3) is 4.96. The summed E-state index contributed by atoms with van der Waals surface area (Å²) in [7, 11) is 0. The average molecular weight is 158 g/mol. The highest BCUT2D eigenvalue weighted by atomic mass is 16.5. The van der Waals surface area contributed by atoms with E-state index in [0.29, 0.717) is 6.42 Å².